The number of carbonyl (C=O) groups excluding carboxylic acids is 2. The van der Waals surface area contributed by atoms with Crippen LogP contribution in [0.15, 0.2) is 12.2 Å². The molecule has 564 valence electrons. The standard InChI is InChI=1S/C84H163NO10/c1-3-5-7-9-11-13-14-15-16-17-39-43-46-49-52-56-60-64-68-72-80(89)93-73-69-65-61-57-53-50-47-44-41-38-36-34-32-30-28-26-24-22-20-18-19-21-23-25-27-29-31-33-35-37-40-42-45-48-51-55-59-63-67-71-79(88)85-76(77(87)70-66-62-58-54-12-10-8-6-4-2)75-94-84-83(92)82(91)81(90)78(74-86)95-84/h66,70,76-78,81-84,86-87,90-92H,3-65,67-69,71-75H2,1-2H3,(H,85,88)/b70-66+. The van der Waals surface area contributed by atoms with Gasteiger partial charge in [-0.1, -0.05) is 418 Å². The third kappa shape index (κ3) is 62.0. The van der Waals surface area contributed by atoms with Gasteiger partial charge >= 0.3 is 5.97 Å². The molecule has 0 bridgehead atoms. The number of aliphatic hydroxyl groups excluding tert-OH is 5. The van der Waals surface area contributed by atoms with Crippen LogP contribution in [0.3, 0.4) is 0 Å². The van der Waals surface area contributed by atoms with Crippen molar-refractivity contribution in [2.75, 3.05) is 19.8 Å². The van der Waals surface area contributed by atoms with Crippen LogP contribution in [0.5, 0.6) is 0 Å². The first kappa shape index (κ1) is 91.4. The predicted molar refractivity (Wildman–Crippen MR) is 403 cm³/mol. The molecular formula is C84H163NO10. The zero-order valence-corrected chi connectivity index (χ0v) is 63.2. The molecule has 1 heterocycles. The Hall–Kier alpha value is -1.60. The lowest BCUT2D eigenvalue weighted by atomic mass is 9.99. The minimum absolute atomic E-state index is 0.0244. The quantitative estimate of drug-likeness (QED) is 0.0195. The van der Waals surface area contributed by atoms with Gasteiger partial charge in [-0.25, -0.2) is 0 Å². The van der Waals surface area contributed by atoms with Gasteiger partial charge in [0.15, 0.2) is 6.29 Å². The highest BCUT2D eigenvalue weighted by molar-refractivity contribution is 5.76. The topological polar surface area (TPSA) is 175 Å². The smallest absolute Gasteiger partial charge is 0.305 e. The summed E-state index contributed by atoms with van der Waals surface area (Å²) in [5.74, 6) is -0.151. The van der Waals surface area contributed by atoms with Gasteiger partial charge < -0.3 is 45.1 Å². The molecule has 0 aliphatic carbocycles. The third-order valence-corrected chi connectivity index (χ3v) is 20.7. The van der Waals surface area contributed by atoms with E-state index in [0.29, 0.717) is 19.4 Å². The summed E-state index contributed by atoms with van der Waals surface area (Å²) >= 11 is 0. The van der Waals surface area contributed by atoms with Gasteiger partial charge in [-0.3, -0.25) is 9.59 Å². The van der Waals surface area contributed by atoms with Crippen LogP contribution in [0.2, 0.25) is 0 Å². The lowest BCUT2D eigenvalue weighted by Crippen LogP contribution is -2.60. The number of unbranched alkanes of at least 4 members (excludes halogenated alkanes) is 63. The molecule has 0 saturated carbocycles. The molecule has 1 fully saturated rings. The van der Waals surface area contributed by atoms with Gasteiger partial charge in [0.05, 0.1) is 32.0 Å². The van der Waals surface area contributed by atoms with Crippen molar-refractivity contribution < 1.29 is 49.3 Å². The number of aliphatic hydroxyl groups is 5. The first-order valence-electron chi connectivity index (χ1n) is 42.5. The van der Waals surface area contributed by atoms with Crippen molar-refractivity contribution >= 4 is 11.9 Å². The van der Waals surface area contributed by atoms with Crippen molar-refractivity contribution in [3.05, 3.63) is 12.2 Å². The highest BCUT2D eigenvalue weighted by Gasteiger charge is 2.44. The average molecular weight is 1350 g/mol. The Balaban J connectivity index is 1.80. The summed E-state index contributed by atoms with van der Waals surface area (Å²) in [7, 11) is 0. The number of hydrogen-bond acceptors (Lipinski definition) is 10. The first-order valence-corrected chi connectivity index (χ1v) is 42.5. The molecule has 11 nitrogen and oxygen atoms in total. The third-order valence-electron chi connectivity index (χ3n) is 20.7. The molecule has 0 aromatic rings. The van der Waals surface area contributed by atoms with E-state index < -0.39 is 49.5 Å². The van der Waals surface area contributed by atoms with E-state index in [-0.39, 0.29) is 18.5 Å². The number of carbonyl (C=O) groups is 2. The summed E-state index contributed by atoms with van der Waals surface area (Å²) in [4.78, 5) is 25.2. The zero-order chi connectivity index (χ0) is 68.6. The van der Waals surface area contributed by atoms with Gasteiger partial charge in [0.25, 0.3) is 0 Å². The fourth-order valence-electron chi connectivity index (χ4n) is 14.0. The van der Waals surface area contributed by atoms with Crippen LogP contribution in [0.25, 0.3) is 0 Å². The normalized spacial score (nSPS) is 17.3. The van der Waals surface area contributed by atoms with E-state index in [4.69, 9.17) is 14.2 Å². The van der Waals surface area contributed by atoms with Crippen LogP contribution in [0, 0.1) is 0 Å². The lowest BCUT2D eigenvalue weighted by Gasteiger charge is -2.40. The maximum Gasteiger partial charge on any atom is 0.305 e. The summed E-state index contributed by atoms with van der Waals surface area (Å²) in [5, 5.41) is 54.4. The summed E-state index contributed by atoms with van der Waals surface area (Å²) in [5.41, 5.74) is 0. The van der Waals surface area contributed by atoms with Gasteiger partial charge in [0.2, 0.25) is 5.91 Å². The average Bonchev–Trinajstić information content (AvgIpc) is 0.834. The SMILES string of the molecule is CCCCCCCCC/C=C/C(O)C(COC1OC(CO)C(O)C(O)C1O)NC(=O)CCCCCCCCCCCCCCCCCCCCCCCCCCCCCCCCCCCCCCCCCOC(=O)CCCCCCCCCCCCCCCCCCCCC. The largest absolute Gasteiger partial charge is 0.466 e. The minimum Gasteiger partial charge on any atom is -0.466 e. The second-order valence-electron chi connectivity index (χ2n) is 29.9. The van der Waals surface area contributed by atoms with Crippen LogP contribution in [0.4, 0.5) is 0 Å². The molecular weight excluding hydrogens is 1180 g/mol. The van der Waals surface area contributed by atoms with Gasteiger partial charge in [0.1, 0.15) is 24.4 Å². The Bertz CT molecular complexity index is 1580. The Kier molecular flexibility index (Phi) is 70.8. The predicted octanol–water partition coefficient (Wildman–Crippen LogP) is 23.3. The molecule has 7 unspecified atom stereocenters. The van der Waals surface area contributed by atoms with Crippen molar-refractivity contribution in [3.8, 4) is 0 Å². The van der Waals surface area contributed by atoms with Crippen LogP contribution in [-0.4, -0.2) is 100 Å². The maximum atomic E-state index is 13.0. The summed E-state index contributed by atoms with van der Waals surface area (Å²) in [6, 6.07) is -0.803. The van der Waals surface area contributed by atoms with Crippen molar-refractivity contribution in [3.63, 3.8) is 0 Å². The van der Waals surface area contributed by atoms with Crippen LogP contribution >= 0.6 is 0 Å². The van der Waals surface area contributed by atoms with Gasteiger partial charge in [0, 0.05) is 12.8 Å². The minimum atomic E-state index is -1.57. The Labute approximate surface area is 589 Å². The Morgan fingerprint density at radius 2 is 0.663 bits per heavy atom. The van der Waals surface area contributed by atoms with E-state index in [0.717, 1.165) is 51.4 Å². The number of amides is 1. The number of allylic oxidation sites excluding steroid dienone is 1. The maximum absolute atomic E-state index is 13.0. The lowest BCUT2D eigenvalue weighted by molar-refractivity contribution is -0.302. The molecule has 0 aromatic heterocycles. The van der Waals surface area contributed by atoms with Gasteiger partial charge in [-0.05, 0) is 32.1 Å². The summed E-state index contributed by atoms with van der Waals surface area (Å²) in [6.45, 7) is 4.39. The molecule has 1 rings (SSSR count). The van der Waals surface area contributed by atoms with Crippen LogP contribution in [0.1, 0.15) is 450 Å². The molecule has 7 atom stereocenters. The molecule has 1 aliphatic heterocycles. The number of hydrogen-bond donors (Lipinski definition) is 6. The van der Waals surface area contributed by atoms with E-state index in [1.54, 1.807) is 6.08 Å². The highest BCUT2D eigenvalue weighted by atomic mass is 16.7. The van der Waals surface area contributed by atoms with Crippen molar-refractivity contribution in [1.29, 1.82) is 0 Å². The number of rotatable bonds is 77. The van der Waals surface area contributed by atoms with E-state index in [1.807, 2.05) is 6.08 Å². The fraction of sp³-hybridized carbons (Fsp3) is 0.952. The van der Waals surface area contributed by atoms with Crippen molar-refractivity contribution in [2.45, 2.75) is 493 Å². The molecule has 11 heteroatoms. The van der Waals surface area contributed by atoms with Crippen LogP contribution in [-0.2, 0) is 23.8 Å². The van der Waals surface area contributed by atoms with E-state index in [9.17, 15) is 35.1 Å². The summed E-state index contributed by atoms with van der Waals surface area (Å²) < 4.78 is 16.8. The summed E-state index contributed by atoms with van der Waals surface area (Å²) in [6.07, 6.45) is 84.4. The second-order valence-corrected chi connectivity index (χ2v) is 29.9. The molecule has 0 aromatic carbocycles. The van der Waals surface area contributed by atoms with Crippen molar-refractivity contribution in [2.24, 2.45) is 0 Å². The highest BCUT2D eigenvalue weighted by Crippen LogP contribution is 2.24. The Morgan fingerprint density at radius 1 is 0.379 bits per heavy atom. The van der Waals surface area contributed by atoms with E-state index in [1.165, 1.54) is 372 Å². The molecule has 95 heavy (non-hydrogen) atoms. The van der Waals surface area contributed by atoms with Gasteiger partial charge in [-0.2, -0.15) is 0 Å². The van der Waals surface area contributed by atoms with Crippen molar-refractivity contribution in [1.82, 2.24) is 5.32 Å². The number of esters is 1. The monoisotopic (exact) mass is 1350 g/mol. The first-order chi connectivity index (χ1) is 46.7. The zero-order valence-electron chi connectivity index (χ0n) is 63.2. The van der Waals surface area contributed by atoms with E-state index >= 15 is 0 Å². The van der Waals surface area contributed by atoms with E-state index in [2.05, 4.69) is 19.2 Å². The number of nitrogens with one attached hydrogen (secondary N) is 1. The van der Waals surface area contributed by atoms with Gasteiger partial charge in [-0.15, -0.1) is 0 Å². The molecule has 0 spiro atoms. The molecule has 0 radical (unpaired) electrons. The molecule has 6 N–H and O–H groups in total. The molecule has 1 saturated heterocycles. The molecule has 1 amide bonds. The second kappa shape index (κ2) is 73.6. The number of ether oxygens (including phenoxy) is 3. The fourth-order valence-corrected chi connectivity index (χ4v) is 14.0. The Morgan fingerprint density at radius 3 is 0.979 bits per heavy atom. The van der Waals surface area contributed by atoms with Crippen LogP contribution < -0.4 is 5.32 Å². The molecule has 1 aliphatic rings.